The molecule has 4 heteroatoms. The van der Waals surface area contributed by atoms with Crippen molar-refractivity contribution in [3.63, 3.8) is 0 Å². The Morgan fingerprint density at radius 1 is 1.32 bits per heavy atom. The van der Waals surface area contributed by atoms with Crippen molar-refractivity contribution in [2.45, 2.75) is 32.9 Å². The Morgan fingerprint density at radius 2 is 1.95 bits per heavy atom. The van der Waals surface area contributed by atoms with Gasteiger partial charge in [0.1, 0.15) is 5.75 Å². The maximum Gasteiger partial charge on any atom is 0.257 e. The predicted molar refractivity (Wildman–Crippen MR) is 75.6 cm³/mol. The molecule has 1 heterocycles. The number of nitrogens with one attached hydrogen (secondary N) is 1. The van der Waals surface area contributed by atoms with Crippen molar-refractivity contribution in [1.29, 1.82) is 0 Å². The minimum Gasteiger partial charge on any atom is -0.493 e. The summed E-state index contributed by atoms with van der Waals surface area (Å²) in [6.45, 7) is 8.18. The highest BCUT2D eigenvalue weighted by Gasteiger charge is 2.26. The monoisotopic (exact) mass is 262 g/mol. The standard InChI is InChI=1S/C15H22N2O2/c1-4-19-14-8-6-5-7-13(14)15(18)17-9-11(2)16-12(3)10-17/h5-8,11-12,16H,4,9-10H2,1-3H3/t11-,12-/m0/s1. The molecule has 2 atom stereocenters. The number of nitrogens with zero attached hydrogens (tertiary/aromatic N) is 1. The molecule has 0 saturated carbocycles. The zero-order valence-electron chi connectivity index (χ0n) is 11.8. The van der Waals surface area contributed by atoms with Gasteiger partial charge in [-0.2, -0.15) is 0 Å². The van der Waals surface area contributed by atoms with Crippen LogP contribution in [-0.4, -0.2) is 42.6 Å². The third-order valence-corrected chi connectivity index (χ3v) is 3.26. The number of hydrogen-bond donors (Lipinski definition) is 1. The van der Waals surface area contributed by atoms with Crippen molar-refractivity contribution >= 4 is 5.91 Å². The summed E-state index contributed by atoms with van der Waals surface area (Å²) in [7, 11) is 0. The van der Waals surface area contributed by atoms with Gasteiger partial charge in [-0.1, -0.05) is 12.1 Å². The van der Waals surface area contributed by atoms with Crippen LogP contribution in [0.4, 0.5) is 0 Å². The Morgan fingerprint density at radius 3 is 2.58 bits per heavy atom. The van der Waals surface area contributed by atoms with E-state index in [-0.39, 0.29) is 5.91 Å². The molecule has 1 saturated heterocycles. The van der Waals surface area contributed by atoms with Crippen LogP contribution in [-0.2, 0) is 0 Å². The van der Waals surface area contributed by atoms with Crippen LogP contribution in [0.5, 0.6) is 5.75 Å². The smallest absolute Gasteiger partial charge is 0.257 e. The van der Waals surface area contributed by atoms with Crippen LogP contribution in [0.2, 0.25) is 0 Å². The first kappa shape index (κ1) is 13.9. The van der Waals surface area contributed by atoms with Crippen molar-refractivity contribution in [1.82, 2.24) is 10.2 Å². The Hall–Kier alpha value is -1.55. The summed E-state index contributed by atoms with van der Waals surface area (Å²) in [5, 5.41) is 3.43. The maximum absolute atomic E-state index is 12.6. The number of carbonyl (C=O) groups is 1. The number of hydrogen-bond acceptors (Lipinski definition) is 3. The molecule has 0 radical (unpaired) electrons. The van der Waals surface area contributed by atoms with Crippen LogP contribution in [0, 0.1) is 0 Å². The molecule has 1 N–H and O–H groups in total. The second-order valence-corrected chi connectivity index (χ2v) is 5.11. The number of amides is 1. The largest absolute Gasteiger partial charge is 0.493 e. The molecular formula is C15H22N2O2. The van der Waals surface area contributed by atoms with Gasteiger partial charge >= 0.3 is 0 Å². The third kappa shape index (κ3) is 3.26. The van der Waals surface area contributed by atoms with Crippen molar-refractivity contribution < 1.29 is 9.53 Å². The van der Waals surface area contributed by atoms with E-state index >= 15 is 0 Å². The van der Waals surface area contributed by atoms with E-state index in [0.29, 0.717) is 30.0 Å². The van der Waals surface area contributed by atoms with Gasteiger partial charge in [-0.05, 0) is 32.9 Å². The highest BCUT2D eigenvalue weighted by molar-refractivity contribution is 5.97. The number of carbonyl (C=O) groups excluding carboxylic acids is 1. The molecule has 1 fully saturated rings. The van der Waals surface area contributed by atoms with Gasteiger partial charge < -0.3 is 15.0 Å². The Kier molecular flexibility index (Phi) is 4.43. The van der Waals surface area contributed by atoms with Crippen LogP contribution in [0.3, 0.4) is 0 Å². The first-order valence-electron chi connectivity index (χ1n) is 6.89. The lowest BCUT2D eigenvalue weighted by Crippen LogP contribution is -2.55. The number of ether oxygens (including phenoxy) is 1. The number of benzene rings is 1. The molecule has 104 valence electrons. The Bertz CT molecular complexity index is 438. The Labute approximate surface area is 114 Å². The third-order valence-electron chi connectivity index (χ3n) is 3.26. The fourth-order valence-corrected chi connectivity index (χ4v) is 2.59. The fraction of sp³-hybridized carbons (Fsp3) is 0.533. The average molecular weight is 262 g/mol. The van der Waals surface area contributed by atoms with E-state index in [9.17, 15) is 4.79 Å². The molecule has 0 spiro atoms. The van der Waals surface area contributed by atoms with Gasteiger partial charge in [0.2, 0.25) is 0 Å². The predicted octanol–water partition coefficient (Wildman–Crippen LogP) is 1.91. The van der Waals surface area contributed by atoms with Crippen LogP contribution >= 0.6 is 0 Å². The molecule has 2 rings (SSSR count). The molecule has 1 aromatic carbocycles. The first-order valence-corrected chi connectivity index (χ1v) is 6.89. The summed E-state index contributed by atoms with van der Waals surface area (Å²) >= 11 is 0. The van der Waals surface area contributed by atoms with E-state index in [0.717, 1.165) is 13.1 Å². The zero-order chi connectivity index (χ0) is 13.8. The number of rotatable bonds is 3. The quantitative estimate of drug-likeness (QED) is 0.904. The molecular weight excluding hydrogens is 240 g/mol. The van der Waals surface area contributed by atoms with Gasteiger partial charge in [-0.25, -0.2) is 0 Å². The highest BCUT2D eigenvalue weighted by Crippen LogP contribution is 2.21. The molecule has 0 bridgehead atoms. The van der Waals surface area contributed by atoms with Crippen molar-refractivity contribution in [3.05, 3.63) is 29.8 Å². The number of para-hydroxylation sites is 1. The normalized spacial score (nSPS) is 23.2. The molecule has 0 unspecified atom stereocenters. The molecule has 1 aliphatic rings. The highest BCUT2D eigenvalue weighted by atomic mass is 16.5. The molecule has 1 amide bonds. The lowest BCUT2D eigenvalue weighted by molar-refractivity contribution is 0.0669. The lowest BCUT2D eigenvalue weighted by atomic mass is 10.1. The first-order chi connectivity index (χ1) is 9.11. The molecule has 0 aromatic heterocycles. The topological polar surface area (TPSA) is 41.6 Å². The van der Waals surface area contributed by atoms with E-state index in [1.54, 1.807) is 0 Å². The van der Waals surface area contributed by atoms with Crippen LogP contribution in [0.25, 0.3) is 0 Å². The Balaban J connectivity index is 2.19. The molecule has 19 heavy (non-hydrogen) atoms. The SMILES string of the molecule is CCOc1ccccc1C(=O)N1C[C@H](C)N[C@@H](C)C1. The molecule has 1 aliphatic heterocycles. The van der Waals surface area contributed by atoms with Crippen LogP contribution in [0.1, 0.15) is 31.1 Å². The van der Waals surface area contributed by atoms with Gasteiger partial charge in [0.05, 0.1) is 12.2 Å². The van der Waals surface area contributed by atoms with E-state index in [1.807, 2.05) is 36.1 Å². The minimum atomic E-state index is 0.0595. The summed E-state index contributed by atoms with van der Waals surface area (Å²) in [5.74, 6) is 0.734. The van der Waals surface area contributed by atoms with Gasteiger partial charge in [-0.15, -0.1) is 0 Å². The summed E-state index contributed by atoms with van der Waals surface area (Å²) < 4.78 is 5.54. The van der Waals surface area contributed by atoms with Crippen molar-refractivity contribution in [2.75, 3.05) is 19.7 Å². The van der Waals surface area contributed by atoms with Gasteiger partial charge in [0.25, 0.3) is 5.91 Å². The van der Waals surface area contributed by atoms with E-state index < -0.39 is 0 Å². The average Bonchev–Trinajstić information content (AvgIpc) is 2.38. The van der Waals surface area contributed by atoms with Gasteiger partial charge in [0.15, 0.2) is 0 Å². The summed E-state index contributed by atoms with van der Waals surface area (Å²) in [6, 6.07) is 8.12. The summed E-state index contributed by atoms with van der Waals surface area (Å²) in [4.78, 5) is 14.5. The van der Waals surface area contributed by atoms with Gasteiger partial charge in [0, 0.05) is 25.2 Å². The second kappa shape index (κ2) is 6.06. The zero-order valence-corrected chi connectivity index (χ0v) is 11.8. The van der Waals surface area contributed by atoms with E-state index in [1.165, 1.54) is 0 Å². The van der Waals surface area contributed by atoms with Crippen LogP contribution in [0.15, 0.2) is 24.3 Å². The molecule has 0 aliphatic carbocycles. The molecule has 4 nitrogen and oxygen atoms in total. The van der Waals surface area contributed by atoms with Gasteiger partial charge in [-0.3, -0.25) is 4.79 Å². The van der Waals surface area contributed by atoms with Crippen molar-refractivity contribution in [2.24, 2.45) is 0 Å². The van der Waals surface area contributed by atoms with Crippen LogP contribution < -0.4 is 10.1 Å². The summed E-state index contributed by atoms with van der Waals surface area (Å²) in [6.07, 6.45) is 0. The van der Waals surface area contributed by atoms with E-state index in [2.05, 4.69) is 19.2 Å². The second-order valence-electron chi connectivity index (χ2n) is 5.11. The maximum atomic E-state index is 12.6. The summed E-state index contributed by atoms with van der Waals surface area (Å²) in [5.41, 5.74) is 0.658. The number of piperazine rings is 1. The van der Waals surface area contributed by atoms with E-state index in [4.69, 9.17) is 4.74 Å². The molecule has 1 aromatic rings. The fourth-order valence-electron chi connectivity index (χ4n) is 2.59. The minimum absolute atomic E-state index is 0.0595. The lowest BCUT2D eigenvalue weighted by Gasteiger charge is -2.36. The van der Waals surface area contributed by atoms with Crippen molar-refractivity contribution in [3.8, 4) is 5.75 Å².